The average molecular weight is 383 g/mol. The van der Waals surface area contributed by atoms with Gasteiger partial charge in [0.1, 0.15) is 11.8 Å². The van der Waals surface area contributed by atoms with Gasteiger partial charge in [-0.25, -0.2) is 0 Å². The number of carbonyl (C=O) groups is 2. The van der Waals surface area contributed by atoms with Crippen molar-refractivity contribution in [1.29, 1.82) is 0 Å². The molecule has 150 valence electrons. The maximum absolute atomic E-state index is 13.0. The fourth-order valence-electron chi connectivity index (χ4n) is 2.76. The summed E-state index contributed by atoms with van der Waals surface area (Å²) >= 11 is 0. The normalized spacial score (nSPS) is 12.7. The number of amides is 2. The van der Waals surface area contributed by atoms with Gasteiger partial charge in [0.25, 0.3) is 5.91 Å². The smallest absolute Gasteiger partial charge is 0.261 e. The summed E-state index contributed by atoms with van der Waals surface area (Å²) in [5.41, 5.74) is 2.09. The van der Waals surface area contributed by atoms with Crippen molar-refractivity contribution in [3.63, 3.8) is 0 Å². The first-order chi connectivity index (χ1) is 13.4. The second-order valence-electron chi connectivity index (χ2n) is 7.04. The first kappa shape index (κ1) is 21.5. The number of nitrogens with one attached hydrogen (secondary N) is 1. The predicted octanol–water partition coefficient (Wildman–Crippen LogP) is 3.71. The Morgan fingerprint density at radius 1 is 1.04 bits per heavy atom. The topological polar surface area (TPSA) is 58.6 Å². The lowest BCUT2D eigenvalue weighted by atomic mass is 10.1. The molecule has 5 heteroatoms. The highest BCUT2D eigenvalue weighted by Gasteiger charge is 2.27. The summed E-state index contributed by atoms with van der Waals surface area (Å²) < 4.78 is 5.63. The van der Waals surface area contributed by atoms with E-state index in [1.807, 2.05) is 63.2 Å². The summed E-state index contributed by atoms with van der Waals surface area (Å²) in [5.74, 6) is 0.248. The highest BCUT2D eigenvalue weighted by Crippen LogP contribution is 2.15. The monoisotopic (exact) mass is 382 g/mol. The van der Waals surface area contributed by atoms with Gasteiger partial charge >= 0.3 is 0 Å². The Bertz CT molecular complexity index is 776. The molecule has 0 spiro atoms. The Labute approximate surface area is 167 Å². The van der Waals surface area contributed by atoms with Gasteiger partial charge in [0, 0.05) is 12.6 Å². The molecule has 28 heavy (non-hydrogen) atoms. The van der Waals surface area contributed by atoms with E-state index in [9.17, 15) is 9.59 Å². The maximum Gasteiger partial charge on any atom is 0.261 e. The summed E-state index contributed by atoms with van der Waals surface area (Å²) in [6.45, 7) is 7.98. The molecule has 2 aromatic rings. The molecule has 0 aromatic heterocycles. The number of para-hydroxylation sites is 1. The summed E-state index contributed by atoms with van der Waals surface area (Å²) in [6.07, 6.45) is 0.835. The van der Waals surface area contributed by atoms with E-state index in [1.165, 1.54) is 0 Å². The molecule has 0 saturated heterocycles. The number of benzene rings is 2. The largest absolute Gasteiger partial charge is 0.484 e. The van der Waals surface area contributed by atoms with Crippen molar-refractivity contribution in [3.8, 4) is 5.75 Å². The number of carbonyl (C=O) groups excluding carboxylic acids is 2. The van der Waals surface area contributed by atoms with Crippen LogP contribution >= 0.6 is 0 Å². The summed E-state index contributed by atoms with van der Waals surface area (Å²) in [4.78, 5) is 27.2. The fraction of sp³-hybridized carbons (Fsp3) is 0.391. The molecule has 5 nitrogen and oxygen atoms in total. The standard InChI is InChI=1S/C23H30N2O3/c1-5-18(3)24-23(27)19(4)25(15-20-12-10-9-11-17(20)2)22(26)16-28-21-13-7-6-8-14-21/h6-14,18-19H,5,15-16H2,1-4H3,(H,24,27)/t18-,19+/m1/s1. The van der Waals surface area contributed by atoms with Crippen molar-refractivity contribution < 1.29 is 14.3 Å². The second-order valence-corrected chi connectivity index (χ2v) is 7.04. The molecular weight excluding hydrogens is 352 g/mol. The average Bonchev–Trinajstić information content (AvgIpc) is 2.71. The van der Waals surface area contributed by atoms with Crippen molar-refractivity contribution in [2.75, 3.05) is 6.61 Å². The van der Waals surface area contributed by atoms with E-state index < -0.39 is 6.04 Å². The highest BCUT2D eigenvalue weighted by molar-refractivity contribution is 5.88. The van der Waals surface area contributed by atoms with Crippen molar-refractivity contribution in [1.82, 2.24) is 10.2 Å². The number of aryl methyl sites for hydroxylation is 1. The van der Waals surface area contributed by atoms with Crippen LogP contribution in [0.3, 0.4) is 0 Å². The fourth-order valence-corrected chi connectivity index (χ4v) is 2.76. The molecule has 0 aliphatic heterocycles. The molecule has 0 bridgehead atoms. The minimum absolute atomic E-state index is 0.0610. The Hall–Kier alpha value is -2.82. The number of ether oxygens (including phenoxy) is 1. The van der Waals surface area contributed by atoms with Crippen LogP contribution in [-0.2, 0) is 16.1 Å². The zero-order chi connectivity index (χ0) is 20.5. The third-order valence-electron chi connectivity index (χ3n) is 4.88. The van der Waals surface area contributed by atoms with E-state index in [1.54, 1.807) is 24.0 Å². The molecule has 0 radical (unpaired) electrons. The third-order valence-corrected chi connectivity index (χ3v) is 4.88. The molecule has 0 unspecified atom stereocenters. The van der Waals surface area contributed by atoms with Gasteiger partial charge in [0.05, 0.1) is 0 Å². The van der Waals surface area contributed by atoms with Gasteiger partial charge in [0.15, 0.2) is 6.61 Å². The number of nitrogens with zero attached hydrogens (tertiary/aromatic N) is 1. The molecule has 2 atom stereocenters. The first-order valence-electron chi connectivity index (χ1n) is 9.74. The van der Waals surface area contributed by atoms with Crippen LogP contribution in [0.1, 0.15) is 38.3 Å². The summed E-state index contributed by atoms with van der Waals surface area (Å²) in [6, 6.07) is 16.6. The van der Waals surface area contributed by atoms with E-state index in [4.69, 9.17) is 4.74 Å². The van der Waals surface area contributed by atoms with Gasteiger partial charge in [-0.15, -0.1) is 0 Å². The van der Waals surface area contributed by atoms with Gasteiger partial charge in [-0.2, -0.15) is 0 Å². The van der Waals surface area contributed by atoms with Gasteiger partial charge in [-0.05, 0) is 50.5 Å². The lowest BCUT2D eigenvalue weighted by Gasteiger charge is -2.30. The summed E-state index contributed by atoms with van der Waals surface area (Å²) in [5, 5.41) is 2.97. The van der Waals surface area contributed by atoms with Crippen LogP contribution in [0, 0.1) is 6.92 Å². The molecule has 2 aromatic carbocycles. The van der Waals surface area contributed by atoms with Crippen LogP contribution in [0.4, 0.5) is 0 Å². The molecule has 0 aliphatic rings. The minimum Gasteiger partial charge on any atom is -0.484 e. The van der Waals surface area contributed by atoms with E-state index >= 15 is 0 Å². The first-order valence-corrected chi connectivity index (χ1v) is 9.74. The lowest BCUT2D eigenvalue weighted by molar-refractivity contribution is -0.142. The van der Waals surface area contributed by atoms with Crippen LogP contribution < -0.4 is 10.1 Å². The zero-order valence-electron chi connectivity index (χ0n) is 17.1. The molecule has 0 heterocycles. The molecule has 1 N–H and O–H groups in total. The van der Waals surface area contributed by atoms with Crippen molar-refractivity contribution >= 4 is 11.8 Å². The Morgan fingerprint density at radius 3 is 2.32 bits per heavy atom. The second kappa shape index (κ2) is 10.5. The molecular formula is C23H30N2O3. The van der Waals surface area contributed by atoms with Crippen LogP contribution in [0.5, 0.6) is 5.75 Å². The number of hydrogen-bond acceptors (Lipinski definition) is 3. The van der Waals surface area contributed by atoms with Crippen molar-refractivity contribution in [2.24, 2.45) is 0 Å². The van der Waals surface area contributed by atoms with Gasteiger partial charge < -0.3 is 15.0 Å². The minimum atomic E-state index is -0.597. The molecule has 0 saturated carbocycles. The van der Waals surface area contributed by atoms with Crippen LogP contribution in [-0.4, -0.2) is 35.4 Å². The molecule has 0 fully saturated rings. The molecule has 0 aliphatic carbocycles. The van der Waals surface area contributed by atoms with Crippen LogP contribution in [0.25, 0.3) is 0 Å². The maximum atomic E-state index is 13.0. The Kier molecular flexibility index (Phi) is 8.05. The SMILES string of the molecule is CC[C@@H](C)NC(=O)[C@H](C)N(Cc1ccccc1C)C(=O)COc1ccccc1. The lowest BCUT2D eigenvalue weighted by Crippen LogP contribution is -2.50. The molecule has 2 amide bonds. The number of rotatable bonds is 9. The Morgan fingerprint density at radius 2 is 1.68 bits per heavy atom. The van der Waals surface area contributed by atoms with Crippen LogP contribution in [0.15, 0.2) is 54.6 Å². The highest BCUT2D eigenvalue weighted by atomic mass is 16.5. The summed E-state index contributed by atoms with van der Waals surface area (Å²) in [7, 11) is 0. The zero-order valence-corrected chi connectivity index (χ0v) is 17.1. The van der Waals surface area contributed by atoms with E-state index in [0.29, 0.717) is 12.3 Å². The van der Waals surface area contributed by atoms with Crippen molar-refractivity contribution in [3.05, 3.63) is 65.7 Å². The molecule has 2 rings (SSSR count). The van der Waals surface area contributed by atoms with E-state index in [-0.39, 0.29) is 24.5 Å². The Balaban J connectivity index is 2.15. The van der Waals surface area contributed by atoms with E-state index in [0.717, 1.165) is 17.5 Å². The van der Waals surface area contributed by atoms with Crippen molar-refractivity contribution in [2.45, 2.75) is 52.7 Å². The van der Waals surface area contributed by atoms with Gasteiger partial charge in [0.2, 0.25) is 5.91 Å². The predicted molar refractivity (Wildman–Crippen MR) is 111 cm³/mol. The quantitative estimate of drug-likeness (QED) is 0.719. The van der Waals surface area contributed by atoms with Crippen LogP contribution in [0.2, 0.25) is 0 Å². The number of hydrogen-bond donors (Lipinski definition) is 1. The van der Waals surface area contributed by atoms with E-state index in [2.05, 4.69) is 5.32 Å². The third kappa shape index (κ3) is 6.12. The van der Waals surface area contributed by atoms with Gasteiger partial charge in [-0.3, -0.25) is 9.59 Å². The van der Waals surface area contributed by atoms with Gasteiger partial charge in [-0.1, -0.05) is 49.4 Å².